The number of nitrogens with one attached hydrogen (secondary N) is 2. The molecule has 0 spiro atoms. The number of rotatable bonds is 2. The quantitative estimate of drug-likeness (QED) is 0.724. The molecule has 6 nitrogen and oxygen atoms in total. The number of phenols is 1. The summed E-state index contributed by atoms with van der Waals surface area (Å²) < 4.78 is 0. The van der Waals surface area contributed by atoms with Crippen molar-refractivity contribution in [3.8, 4) is 5.75 Å². The molecule has 2 aromatic rings. The molecule has 1 aromatic heterocycles. The summed E-state index contributed by atoms with van der Waals surface area (Å²) in [6.07, 6.45) is 1.46. The van der Waals surface area contributed by atoms with Gasteiger partial charge in [-0.1, -0.05) is 32.4 Å². The fourth-order valence-corrected chi connectivity index (χ4v) is 2.70. The Hall–Kier alpha value is -2.12. The van der Waals surface area contributed by atoms with Gasteiger partial charge in [-0.2, -0.15) is 0 Å². The van der Waals surface area contributed by atoms with Crippen LogP contribution in [-0.4, -0.2) is 21.9 Å². The van der Waals surface area contributed by atoms with Gasteiger partial charge >= 0.3 is 0 Å². The van der Waals surface area contributed by atoms with E-state index >= 15 is 0 Å². The van der Waals surface area contributed by atoms with Gasteiger partial charge in [-0.25, -0.2) is 4.98 Å². The first-order valence-corrected chi connectivity index (χ1v) is 7.93. The molecule has 1 heterocycles. The van der Waals surface area contributed by atoms with Crippen LogP contribution in [0.1, 0.15) is 45.8 Å². The highest BCUT2D eigenvalue weighted by Gasteiger charge is 2.21. The Labute approximate surface area is 142 Å². The zero-order chi connectivity index (χ0) is 17.2. The van der Waals surface area contributed by atoms with Gasteiger partial charge in [-0.3, -0.25) is 20.4 Å². The molecule has 0 fully saturated rings. The van der Waals surface area contributed by atoms with Gasteiger partial charge in [-0.15, -0.1) is 11.3 Å². The minimum Gasteiger partial charge on any atom is -0.507 e. The third-order valence-electron chi connectivity index (χ3n) is 2.86. The second-order valence-corrected chi connectivity index (χ2v) is 7.32. The van der Waals surface area contributed by atoms with E-state index < -0.39 is 11.8 Å². The highest BCUT2D eigenvalue weighted by atomic mass is 35.5. The molecule has 2 amide bonds. The predicted molar refractivity (Wildman–Crippen MR) is 88.9 cm³/mol. The molecule has 3 N–H and O–H groups in total. The van der Waals surface area contributed by atoms with Gasteiger partial charge in [0.05, 0.1) is 16.8 Å². The number of aromatic hydroxyl groups is 1. The summed E-state index contributed by atoms with van der Waals surface area (Å²) >= 11 is 7.04. The van der Waals surface area contributed by atoms with Crippen molar-refractivity contribution >= 4 is 34.8 Å². The second-order valence-electron chi connectivity index (χ2n) is 5.85. The van der Waals surface area contributed by atoms with E-state index in [0.717, 1.165) is 5.01 Å². The lowest BCUT2D eigenvalue weighted by Gasteiger charge is -2.13. The first-order valence-electron chi connectivity index (χ1n) is 6.74. The van der Waals surface area contributed by atoms with Crippen molar-refractivity contribution in [1.82, 2.24) is 15.8 Å². The fourth-order valence-electron chi connectivity index (χ4n) is 1.66. The first kappa shape index (κ1) is 17.2. The van der Waals surface area contributed by atoms with Crippen LogP contribution in [-0.2, 0) is 5.41 Å². The summed E-state index contributed by atoms with van der Waals surface area (Å²) in [5.74, 6) is -1.37. The number of carbonyl (C=O) groups is 2. The maximum atomic E-state index is 12.0. The molecule has 2 rings (SSSR count). The van der Waals surface area contributed by atoms with Crippen LogP contribution < -0.4 is 10.9 Å². The van der Waals surface area contributed by atoms with Gasteiger partial charge in [0.2, 0.25) is 0 Å². The Balaban J connectivity index is 2.03. The number of nitrogens with zero attached hydrogens (tertiary/aromatic N) is 1. The molecule has 0 unspecified atom stereocenters. The fraction of sp³-hybridized carbons (Fsp3) is 0.267. The van der Waals surface area contributed by atoms with Gasteiger partial charge in [0.15, 0.2) is 0 Å². The van der Waals surface area contributed by atoms with Gasteiger partial charge in [0.1, 0.15) is 10.6 Å². The van der Waals surface area contributed by atoms with E-state index in [2.05, 4.69) is 15.8 Å². The van der Waals surface area contributed by atoms with Crippen molar-refractivity contribution in [2.24, 2.45) is 0 Å². The molecule has 0 aliphatic carbocycles. The molecule has 0 atom stereocenters. The maximum absolute atomic E-state index is 12.0. The average molecular weight is 354 g/mol. The highest BCUT2D eigenvalue weighted by molar-refractivity contribution is 7.13. The molecular formula is C15H16ClN3O3S. The molecule has 0 radical (unpaired) electrons. The third-order valence-corrected chi connectivity index (χ3v) is 4.52. The van der Waals surface area contributed by atoms with Crippen molar-refractivity contribution in [3.05, 3.63) is 44.9 Å². The molecule has 0 saturated carbocycles. The minimum absolute atomic E-state index is 0.0301. The summed E-state index contributed by atoms with van der Waals surface area (Å²) in [6, 6.07) is 4.07. The number of aromatic nitrogens is 1. The molecule has 0 bridgehead atoms. The first-order chi connectivity index (χ1) is 10.7. The zero-order valence-corrected chi connectivity index (χ0v) is 14.4. The normalized spacial score (nSPS) is 11.1. The Morgan fingerprint density at radius 1 is 1.22 bits per heavy atom. The molecule has 23 heavy (non-hydrogen) atoms. The lowest BCUT2D eigenvalue weighted by atomic mass is 9.98. The highest BCUT2D eigenvalue weighted by Crippen LogP contribution is 2.26. The summed E-state index contributed by atoms with van der Waals surface area (Å²) in [4.78, 5) is 28.6. The molecular weight excluding hydrogens is 338 g/mol. The molecule has 0 saturated heterocycles. The number of hydrogen-bond acceptors (Lipinski definition) is 5. The number of carbonyl (C=O) groups excluding carboxylic acids is 2. The zero-order valence-electron chi connectivity index (χ0n) is 12.8. The standard InChI is InChI=1S/C15H16ClN3O3S/c1-15(2,3)14-17-7-11(23-14)13(22)19-18-12(21)9-6-8(16)4-5-10(9)20/h4-7,20H,1-3H3,(H,18,21)(H,19,22). The number of hydrazine groups is 1. The molecule has 122 valence electrons. The van der Waals surface area contributed by atoms with Crippen LogP contribution in [0.5, 0.6) is 5.75 Å². The summed E-state index contributed by atoms with van der Waals surface area (Å²) in [6.45, 7) is 5.99. The van der Waals surface area contributed by atoms with Crippen molar-refractivity contribution in [2.45, 2.75) is 26.2 Å². The van der Waals surface area contributed by atoms with Crippen molar-refractivity contribution in [1.29, 1.82) is 0 Å². The van der Waals surface area contributed by atoms with Crippen molar-refractivity contribution in [2.75, 3.05) is 0 Å². The van der Waals surface area contributed by atoms with Crippen LogP contribution >= 0.6 is 22.9 Å². The van der Waals surface area contributed by atoms with E-state index in [-0.39, 0.29) is 16.7 Å². The Kier molecular flexibility index (Phi) is 4.91. The largest absolute Gasteiger partial charge is 0.507 e. The number of hydrogen-bond donors (Lipinski definition) is 3. The van der Waals surface area contributed by atoms with E-state index in [0.29, 0.717) is 9.90 Å². The number of amides is 2. The van der Waals surface area contributed by atoms with Gasteiger partial charge < -0.3 is 5.11 Å². The minimum atomic E-state index is -0.668. The Morgan fingerprint density at radius 2 is 1.87 bits per heavy atom. The average Bonchev–Trinajstić information content (AvgIpc) is 2.97. The van der Waals surface area contributed by atoms with Crippen LogP contribution in [0.15, 0.2) is 24.4 Å². The number of phenolic OH excluding ortho intramolecular Hbond substituents is 1. The third kappa shape index (κ3) is 4.20. The van der Waals surface area contributed by atoms with Crippen LogP contribution in [0, 0.1) is 0 Å². The van der Waals surface area contributed by atoms with Crippen LogP contribution in [0.25, 0.3) is 0 Å². The topological polar surface area (TPSA) is 91.3 Å². The van der Waals surface area contributed by atoms with E-state index in [1.165, 1.54) is 35.7 Å². The number of benzene rings is 1. The summed E-state index contributed by atoms with van der Waals surface area (Å²) in [5, 5.41) is 10.8. The summed E-state index contributed by atoms with van der Waals surface area (Å²) in [5.41, 5.74) is 4.34. The van der Waals surface area contributed by atoms with Gasteiger partial charge in [0.25, 0.3) is 11.8 Å². The Bertz CT molecular complexity index is 753. The van der Waals surface area contributed by atoms with Gasteiger partial charge in [-0.05, 0) is 18.2 Å². The monoisotopic (exact) mass is 353 g/mol. The van der Waals surface area contributed by atoms with Crippen LogP contribution in [0.3, 0.4) is 0 Å². The van der Waals surface area contributed by atoms with E-state index in [1.807, 2.05) is 20.8 Å². The van der Waals surface area contributed by atoms with Crippen LogP contribution in [0.4, 0.5) is 0 Å². The molecule has 1 aromatic carbocycles. The van der Waals surface area contributed by atoms with Gasteiger partial charge in [0, 0.05) is 10.4 Å². The predicted octanol–water partition coefficient (Wildman–Crippen LogP) is 2.87. The van der Waals surface area contributed by atoms with E-state index in [1.54, 1.807) is 0 Å². The maximum Gasteiger partial charge on any atom is 0.281 e. The van der Waals surface area contributed by atoms with E-state index in [9.17, 15) is 14.7 Å². The number of halogens is 1. The Morgan fingerprint density at radius 3 is 2.48 bits per heavy atom. The molecule has 0 aliphatic rings. The van der Waals surface area contributed by atoms with Crippen molar-refractivity contribution in [3.63, 3.8) is 0 Å². The summed E-state index contributed by atoms with van der Waals surface area (Å²) in [7, 11) is 0. The smallest absolute Gasteiger partial charge is 0.281 e. The SMILES string of the molecule is CC(C)(C)c1ncc(C(=O)NNC(=O)c2cc(Cl)ccc2O)s1. The number of thiazole rings is 1. The molecule has 8 heteroatoms. The van der Waals surface area contributed by atoms with Crippen LogP contribution in [0.2, 0.25) is 5.02 Å². The van der Waals surface area contributed by atoms with Crippen molar-refractivity contribution < 1.29 is 14.7 Å². The van der Waals surface area contributed by atoms with E-state index in [4.69, 9.17) is 11.6 Å². The lowest BCUT2D eigenvalue weighted by molar-refractivity contribution is 0.0847. The molecule has 0 aliphatic heterocycles. The second kappa shape index (κ2) is 6.55. The lowest BCUT2D eigenvalue weighted by Crippen LogP contribution is -2.41.